The molecule has 0 spiro atoms. The van der Waals surface area contributed by atoms with Crippen LogP contribution >= 0.6 is 0 Å². The molecular weight excluding hydrogens is 366 g/mol. The number of nitrogens with zero attached hydrogens (tertiary/aromatic N) is 1. The number of amides is 1. The number of nitrogens with one attached hydrogen (secondary N) is 2. The molecule has 0 aromatic heterocycles. The van der Waals surface area contributed by atoms with Crippen molar-refractivity contribution in [1.29, 1.82) is 0 Å². The van der Waals surface area contributed by atoms with E-state index < -0.39 is 10.8 Å². The molecule has 9 heteroatoms. The number of carbonyl (C=O) groups is 1. The van der Waals surface area contributed by atoms with Crippen molar-refractivity contribution in [3.05, 3.63) is 46.0 Å². The highest BCUT2D eigenvalue weighted by molar-refractivity contribution is 6.05. The Balaban J connectivity index is 1.86. The Morgan fingerprint density at radius 2 is 1.71 bits per heavy atom. The zero-order chi connectivity index (χ0) is 20.3. The lowest BCUT2D eigenvalue weighted by Gasteiger charge is -2.14. The highest BCUT2D eigenvalue weighted by Crippen LogP contribution is 2.40. The number of benzene rings is 2. The van der Waals surface area contributed by atoms with Crippen LogP contribution in [0.15, 0.2) is 30.3 Å². The fourth-order valence-corrected chi connectivity index (χ4v) is 2.75. The third-order valence-corrected chi connectivity index (χ3v) is 4.32. The molecule has 0 atom stereocenters. The average Bonchev–Trinajstić information content (AvgIpc) is 3.51. The van der Waals surface area contributed by atoms with Crippen LogP contribution in [-0.4, -0.2) is 38.2 Å². The third kappa shape index (κ3) is 4.08. The Kier molecular flexibility index (Phi) is 5.53. The Hall–Kier alpha value is -3.49. The van der Waals surface area contributed by atoms with E-state index in [9.17, 15) is 14.9 Å². The second kappa shape index (κ2) is 8.03. The molecule has 0 saturated heterocycles. The number of nitro groups is 1. The molecule has 3 rings (SSSR count). The maximum absolute atomic E-state index is 12.6. The second-order valence-electron chi connectivity index (χ2n) is 6.28. The molecule has 0 bridgehead atoms. The molecule has 2 N–H and O–H groups in total. The summed E-state index contributed by atoms with van der Waals surface area (Å²) < 4.78 is 15.8. The molecule has 148 valence electrons. The van der Waals surface area contributed by atoms with Crippen molar-refractivity contribution in [3.63, 3.8) is 0 Å². The minimum atomic E-state index is -0.499. The van der Waals surface area contributed by atoms with Crippen molar-refractivity contribution in [1.82, 2.24) is 0 Å². The molecule has 0 aliphatic heterocycles. The maximum atomic E-state index is 12.6. The van der Waals surface area contributed by atoms with Crippen LogP contribution in [0.2, 0.25) is 0 Å². The topological polar surface area (TPSA) is 112 Å². The Morgan fingerprint density at radius 3 is 2.21 bits per heavy atom. The Labute approximate surface area is 161 Å². The fraction of sp³-hybridized carbons (Fsp3) is 0.316. The number of ether oxygens (including phenoxy) is 3. The number of hydrogen-bond acceptors (Lipinski definition) is 7. The summed E-state index contributed by atoms with van der Waals surface area (Å²) in [5.41, 5.74) is 0.852. The number of rotatable bonds is 8. The summed E-state index contributed by atoms with van der Waals surface area (Å²) in [4.78, 5) is 23.5. The van der Waals surface area contributed by atoms with Crippen LogP contribution in [0.5, 0.6) is 17.2 Å². The SMILES string of the molecule is COc1cc(NC(=O)c2ccc(NC3CC3)c([N+](=O)[O-])c2)cc(OC)c1OC. The molecule has 1 aliphatic carbocycles. The van der Waals surface area contributed by atoms with E-state index >= 15 is 0 Å². The van der Waals surface area contributed by atoms with Crippen molar-refractivity contribution in [2.45, 2.75) is 18.9 Å². The number of nitro benzene ring substituents is 1. The van der Waals surface area contributed by atoms with Gasteiger partial charge < -0.3 is 24.8 Å². The van der Waals surface area contributed by atoms with Gasteiger partial charge in [0.2, 0.25) is 5.75 Å². The van der Waals surface area contributed by atoms with E-state index in [4.69, 9.17) is 14.2 Å². The normalized spacial score (nSPS) is 12.8. The van der Waals surface area contributed by atoms with Gasteiger partial charge in [-0.25, -0.2) is 0 Å². The molecule has 2 aromatic rings. The predicted molar refractivity (Wildman–Crippen MR) is 104 cm³/mol. The highest BCUT2D eigenvalue weighted by Gasteiger charge is 2.25. The predicted octanol–water partition coefficient (Wildman–Crippen LogP) is 3.45. The van der Waals surface area contributed by atoms with Gasteiger partial charge in [0, 0.05) is 35.5 Å². The Morgan fingerprint density at radius 1 is 1.07 bits per heavy atom. The van der Waals surface area contributed by atoms with Gasteiger partial charge in [0.05, 0.1) is 26.3 Å². The monoisotopic (exact) mass is 387 g/mol. The number of hydrogen-bond donors (Lipinski definition) is 2. The van der Waals surface area contributed by atoms with E-state index in [2.05, 4.69) is 10.6 Å². The lowest BCUT2D eigenvalue weighted by atomic mass is 10.1. The molecule has 0 radical (unpaired) electrons. The second-order valence-corrected chi connectivity index (χ2v) is 6.28. The first kappa shape index (κ1) is 19.3. The van der Waals surface area contributed by atoms with Gasteiger partial charge in [0.25, 0.3) is 11.6 Å². The van der Waals surface area contributed by atoms with Gasteiger partial charge in [0.1, 0.15) is 5.69 Å². The minimum Gasteiger partial charge on any atom is -0.493 e. The lowest BCUT2D eigenvalue weighted by molar-refractivity contribution is -0.384. The first-order valence-electron chi connectivity index (χ1n) is 8.63. The summed E-state index contributed by atoms with van der Waals surface area (Å²) in [6.07, 6.45) is 1.97. The van der Waals surface area contributed by atoms with Gasteiger partial charge in [0.15, 0.2) is 11.5 Å². The number of carbonyl (C=O) groups excluding carboxylic acids is 1. The molecule has 1 amide bonds. The molecule has 0 heterocycles. The van der Waals surface area contributed by atoms with E-state index in [-0.39, 0.29) is 17.3 Å². The molecular formula is C19H21N3O6. The molecule has 1 saturated carbocycles. The summed E-state index contributed by atoms with van der Waals surface area (Å²) in [6.45, 7) is 0. The van der Waals surface area contributed by atoms with Crippen LogP contribution in [0.1, 0.15) is 23.2 Å². The third-order valence-electron chi connectivity index (χ3n) is 4.32. The van der Waals surface area contributed by atoms with E-state index in [0.29, 0.717) is 28.6 Å². The van der Waals surface area contributed by atoms with E-state index in [1.807, 2.05) is 0 Å². The highest BCUT2D eigenvalue weighted by atomic mass is 16.6. The van der Waals surface area contributed by atoms with Crippen molar-refractivity contribution >= 4 is 23.0 Å². The summed E-state index contributed by atoms with van der Waals surface area (Å²) in [6, 6.07) is 7.79. The molecule has 1 aliphatic rings. The van der Waals surface area contributed by atoms with E-state index in [1.165, 1.54) is 27.4 Å². The van der Waals surface area contributed by atoms with Gasteiger partial charge in [-0.2, -0.15) is 0 Å². The van der Waals surface area contributed by atoms with Gasteiger partial charge in [-0.1, -0.05) is 0 Å². The quantitative estimate of drug-likeness (QED) is 0.527. The van der Waals surface area contributed by atoms with Gasteiger partial charge in [-0.05, 0) is 25.0 Å². The van der Waals surface area contributed by atoms with Crippen molar-refractivity contribution < 1.29 is 23.9 Å². The molecule has 28 heavy (non-hydrogen) atoms. The smallest absolute Gasteiger partial charge is 0.293 e. The molecule has 2 aromatic carbocycles. The fourth-order valence-electron chi connectivity index (χ4n) is 2.75. The van der Waals surface area contributed by atoms with Crippen LogP contribution in [0.3, 0.4) is 0 Å². The van der Waals surface area contributed by atoms with Gasteiger partial charge in [-0.15, -0.1) is 0 Å². The summed E-state index contributed by atoms with van der Waals surface area (Å²) >= 11 is 0. The number of anilines is 2. The largest absolute Gasteiger partial charge is 0.493 e. The standard InChI is InChI=1S/C19H21N3O6/c1-26-16-9-13(10-17(27-2)18(16)28-3)21-19(23)11-4-7-14(20-12-5-6-12)15(8-11)22(24)25/h4,7-10,12,20H,5-6H2,1-3H3,(H,21,23). The average molecular weight is 387 g/mol. The van der Waals surface area contributed by atoms with Gasteiger partial charge >= 0.3 is 0 Å². The van der Waals surface area contributed by atoms with E-state index in [1.54, 1.807) is 24.3 Å². The first-order valence-corrected chi connectivity index (χ1v) is 8.63. The first-order chi connectivity index (χ1) is 13.5. The van der Waals surface area contributed by atoms with Crippen molar-refractivity contribution in [2.24, 2.45) is 0 Å². The van der Waals surface area contributed by atoms with Crippen LogP contribution in [-0.2, 0) is 0 Å². The number of methoxy groups -OCH3 is 3. The lowest BCUT2D eigenvalue weighted by Crippen LogP contribution is -2.13. The summed E-state index contributed by atoms with van der Waals surface area (Å²) in [7, 11) is 4.42. The van der Waals surface area contributed by atoms with Crippen LogP contribution in [0.4, 0.5) is 17.1 Å². The zero-order valence-electron chi connectivity index (χ0n) is 15.8. The minimum absolute atomic E-state index is 0.135. The Bertz CT molecular complexity index is 886. The maximum Gasteiger partial charge on any atom is 0.293 e. The summed E-state index contributed by atoms with van der Waals surface area (Å²) in [5.74, 6) is 0.670. The zero-order valence-corrected chi connectivity index (χ0v) is 15.8. The molecule has 1 fully saturated rings. The van der Waals surface area contributed by atoms with E-state index in [0.717, 1.165) is 12.8 Å². The molecule has 9 nitrogen and oxygen atoms in total. The van der Waals surface area contributed by atoms with Crippen LogP contribution in [0, 0.1) is 10.1 Å². The van der Waals surface area contributed by atoms with Crippen LogP contribution in [0.25, 0.3) is 0 Å². The van der Waals surface area contributed by atoms with Crippen LogP contribution < -0.4 is 24.8 Å². The molecule has 0 unspecified atom stereocenters. The van der Waals surface area contributed by atoms with Crippen molar-refractivity contribution in [2.75, 3.05) is 32.0 Å². The summed E-state index contributed by atoms with van der Waals surface area (Å²) in [5, 5.41) is 17.2. The van der Waals surface area contributed by atoms with Crippen molar-refractivity contribution in [3.8, 4) is 17.2 Å². The van der Waals surface area contributed by atoms with Gasteiger partial charge in [-0.3, -0.25) is 14.9 Å².